The van der Waals surface area contributed by atoms with Gasteiger partial charge in [-0.15, -0.1) is 22.7 Å². The zero-order valence-electron chi connectivity index (χ0n) is 12.7. The first-order chi connectivity index (χ1) is 11.6. The number of sulfonamides is 1. The predicted octanol–water partition coefficient (Wildman–Crippen LogP) is 5.04. The molecule has 0 bridgehead atoms. The molecule has 24 heavy (non-hydrogen) atoms. The number of thiophene rings is 1. The smallest absolute Gasteiger partial charge is 0.239 e. The Morgan fingerprint density at radius 1 is 1.12 bits per heavy atom. The van der Waals surface area contributed by atoms with Gasteiger partial charge >= 0.3 is 0 Å². The highest BCUT2D eigenvalue weighted by Crippen LogP contribution is 2.40. The summed E-state index contributed by atoms with van der Waals surface area (Å²) < 4.78 is 30.2. The molecule has 1 aromatic carbocycles. The molecule has 3 aromatic rings. The highest BCUT2D eigenvalue weighted by Gasteiger charge is 2.36. The quantitative estimate of drug-likeness (QED) is 0.570. The van der Waals surface area contributed by atoms with Gasteiger partial charge in [-0.2, -0.15) is 4.31 Å². The van der Waals surface area contributed by atoms with Crippen LogP contribution in [0.15, 0.2) is 44.4 Å². The Bertz CT molecular complexity index is 947. The number of rotatable bonds is 3. The van der Waals surface area contributed by atoms with Crippen LogP contribution in [-0.2, 0) is 10.0 Å². The van der Waals surface area contributed by atoms with Gasteiger partial charge in [0.2, 0.25) is 0 Å². The second-order valence-corrected chi connectivity index (χ2v) is 11.3. The van der Waals surface area contributed by atoms with Crippen molar-refractivity contribution in [2.75, 3.05) is 6.54 Å². The number of fused-ring (bicyclic) bond motifs is 1. The fourth-order valence-corrected chi connectivity index (χ4v) is 8.01. The third-order valence-electron chi connectivity index (χ3n) is 4.16. The van der Waals surface area contributed by atoms with Crippen molar-refractivity contribution in [1.29, 1.82) is 0 Å². The Morgan fingerprint density at radius 2 is 1.96 bits per heavy atom. The van der Waals surface area contributed by atoms with E-state index in [9.17, 15) is 8.42 Å². The van der Waals surface area contributed by atoms with E-state index in [1.165, 1.54) is 11.3 Å². The van der Waals surface area contributed by atoms with E-state index < -0.39 is 10.0 Å². The van der Waals surface area contributed by atoms with Gasteiger partial charge in [-0.25, -0.2) is 13.4 Å². The standard InChI is InChI=1S/C16H15BrN2O2S3/c17-14-8-9-15(23-14)24(20,21)19-10-4-3-6-12(19)16-18-11-5-1-2-7-13(11)22-16/h1-2,5,7-9,12H,3-4,6,10H2. The van der Waals surface area contributed by atoms with Gasteiger partial charge in [-0.3, -0.25) is 0 Å². The topological polar surface area (TPSA) is 50.3 Å². The first kappa shape index (κ1) is 16.7. The molecule has 1 atom stereocenters. The Kier molecular flexibility index (Phi) is 4.51. The molecule has 0 saturated carbocycles. The molecule has 0 amide bonds. The summed E-state index contributed by atoms with van der Waals surface area (Å²) in [6.07, 6.45) is 2.75. The Balaban J connectivity index is 1.75. The zero-order chi connectivity index (χ0) is 16.7. The number of halogens is 1. The van der Waals surface area contributed by atoms with Crippen molar-refractivity contribution in [3.8, 4) is 0 Å². The van der Waals surface area contributed by atoms with Gasteiger partial charge in [-0.1, -0.05) is 18.6 Å². The SMILES string of the molecule is O=S(=O)(c1ccc(Br)s1)N1CCCCC1c1nc2ccccc2s1. The van der Waals surface area contributed by atoms with E-state index in [0.717, 1.165) is 38.3 Å². The van der Waals surface area contributed by atoms with E-state index in [4.69, 9.17) is 4.98 Å². The summed E-state index contributed by atoms with van der Waals surface area (Å²) in [5.74, 6) is 0. The zero-order valence-corrected chi connectivity index (χ0v) is 16.7. The Morgan fingerprint density at radius 3 is 2.71 bits per heavy atom. The van der Waals surface area contributed by atoms with Gasteiger partial charge in [-0.05, 0) is 53.0 Å². The molecule has 1 aliphatic heterocycles. The maximum Gasteiger partial charge on any atom is 0.253 e. The number of nitrogens with zero attached hydrogens (tertiary/aromatic N) is 2. The molecule has 4 rings (SSSR count). The molecule has 3 heterocycles. The van der Waals surface area contributed by atoms with Crippen molar-refractivity contribution in [3.63, 3.8) is 0 Å². The Hall–Kier alpha value is -0.800. The number of hydrogen-bond donors (Lipinski definition) is 0. The third kappa shape index (κ3) is 2.94. The van der Waals surface area contributed by atoms with Crippen molar-refractivity contribution < 1.29 is 8.42 Å². The average molecular weight is 443 g/mol. The summed E-state index contributed by atoms with van der Waals surface area (Å²) in [6.45, 7) is 0.554. The summed E-state index contributed by atoms with van der Waals surface area (Å²) in [7, 11) is -3.49. The highest BCUT2D eigenvalue weighted by atomic mass is 79.9. The number of piperidine rings is 1. The molecular weight excluding hydrogens is 428 g/mol. The molecule has 0 N–H and O–H groups in total. The summed E-state index contributed by atoms with van der Waals surface area (Å²) in [6, 6.07) is 11.3. The van der Waals surface area contributed by atoms with Crippen LogP contribution in [0.25, 0.3) is 10.2 Å². The van der Waals surface area contributed by atoms with Gasteiger partial charge in [0.25, 0.3) is 10.0 Å². The van der Waals surface area contributed by atoms with Crippen LogP contribution in [0.4, 0.5) is 0 Å². The molecule has 1 unspecified atom stereocenters. The van der Waals surface area contributed by atoms with Crippen molar-refractivity contribution in [3.05, 3.63) is 45.2 Å². The number of para-hydroxylation sites is 1. The third-order valence-corrected chi connectivity index (χ3v) is 9.30. The van der Waals surface area contributed by atoms with Crippen LogP contribution in [0.5, 0.6) is 0 Å². The maximum absolute atomic E-state index is 13.1. The number of benzene rings is 1. The molecular formula is C16H15BrN2O2S3. The lowest BCUT2D eigenvalue weighted by Gasteiger charge is -2.32. The average Bonchev–Trinajstić information content (AvgIpc) is 3.21. The van der Waals surface area contributed by atoms with Crippen LogP contribution in [0, 0.1) is 0 Å². The van der Waals surface area contributed by atoms with Gasteiger partial charge in [0, 0.05) is 6.54 Å². The lowest BCUT2D eigenvalue weighted by Crippen LogP contribution is -2.38. The van der Waals surface area contributed by atoms with Gasteiger partial charge < -0.3 is 0 Å². The van der Waals surface area contributed by atoms with Crippen LogP contribution < -0.4 is 0 Å². The minimum Gasteiger partial charge on any atom is -0.239 e. The first-order valence-electron chi connectivity index (χ1n) is 7.68. The predicted molar refractivity (Wildman–Crippen MR) is 102 cm³/mol. The summed E-state index contributed by atoms with van der Waals surface area (Å²) in [5.41, 5.74) is 0.944. The van der Waals surface area contributed by atoms with Gasteiger partial charge in [0.15, 0.2) is 0 Å². The molecule has 2 aromatic heterocycles. The van der Waals surface area contributed by atoms with Crippen LogP contribution in [0.3, 0.4) is 0 Å². The monoisotopic (exact) mass is 442 g/mol. The summed E-state index contributed by atoms with van der Waals surface area (Å²) in [5, 5.41) is 0.898. The second-order valence-electron chi connectivity index (χ2n) is 5.71. The van der Waals surface area contributed by atoms with Crippen molar-refractivity contribution in [2.24, 2.45) is 0 Å². The Labute approximate surface area is 157 Å². The lowest BCUT2D eigenvalue weighted by atomic mass is 10.1. The molecule has 0 spiro atoms. The minimum atomic E-state index is -3.49. The van der Waals surface area contributed by atoms with Crippen LogP contribution in [0.1, 0.15) is 30.3 Å². The fraction of sp³-hybridized carbons (Fsp3) is 0.312. The second kappa shape index (κ2) is 6.49. The fourth-order valence-electron chi connectivity index (χ4n) is 3.02. The number of aromatic nitrogens is 1. The molecule has 1 aliphatic rings. The minimum absolute atomic E-state index is 0.165. The molecule has 1 saturated heterocycles. The van der Waals surface area contributed by atoms with E-state index in [-0.39, 0.29) is 6.04 Å². The number of hydrogen-bond acceptors (Lipinski definition) is 5. The molecule has 126 valence electrons. The van der Waals surface area contributed by atoms with Crippen molar-refractivity contribution in [1.82, 2.24) is 9.29 Å². The van der Waals surface area contributed by atoms with Gasteiger partial charge in [0.1, 0.15) is 9.22 Å². The normalized spacial score (nSPS) is 19.8. The van der Waals surface area contributed by atoms with Crippen molar-refractivity contribution >= 4 is 58.8 Å². The first-order valence-corrected chi connectivity index (χ1v) is 11.5. The summed E-state index contributed by atoms with van der Waals surface area (Å²) in [4.78, 5) is 4.71. The largest absolute Gasteiger partial charge is 0.253 e. The highest BCUT2D eigenvalue weighted by molar-refractivity contribution is 9.11. The van der Waals surface area contributed by atoms with Crippen LogP contribution >= 0.6 is 38.6 Å². The molecule has 1 fully saturated rings. The lowest BCUT2D eigenvalue weighted by molar-refractivity contribution is 0.256. The molecule has 0 radical (unpaired) electrons. The van der Waals surface area contributed by atoms with Crippen LogP contribution in [-0.4, -0.2) is 24.3 Å². The van der Waals surface area contributed by atoms with E-state index >= 15 is 0 Å². The molecule has 8 heteroatoms. The maximum atomic E-state index is 13.1. The number of thiazole rings is 1. The van der Waals surface area contributed by atoms with Crippen LogP contribution in [0.2, 0.25) is 0 Å². The summed E-state index contributed by atoms with van der Waals surface area (Å²) >= 11 is 6.22. The van der Waals surface area contributed by atoms with E-state index in [2.05, 4.69) is 15.9 Å². The van der Waals surface area contributed by atoms with Crippen molar-refractivity contribution in [2.45, 2.75) is 29.5 Å². The van der Waals surface area contributed by atoms with Gasteiger partial charge in [0.05, 0.1) is 20.0 Å². The van der Waals surface area contributed by atoms with E-state index in [1.807, 2.05) is 24.3 Å². The molecule has 4 nitrogen and oxygen atoms in total. The molecule has 0 aliphatic carbocycles. The van der Waals surface area contributed by atoms with E-state index in [1.54, 1.807) is 27.8 Å². The van der Waals surface area contributed by atoms with E-state index in [0.29, 0.717) is 10.8 Å².